The van der Waals surface area contributed by atoms with Crippen molar-refractivity contribution < 1.29 is 5.11 Å². The van der Waals surface area contributed by atoms with Crippen LogP contribution in [0.15, 0.2) is 0 Å². The fourth-order valence-electron chi connectivity index (χ4n) is 7.49. The fraction of sp³-hybridized carbons (Fsp3) is 1.00. The van der Waals surface area contributed by atoms with Crippen LogP contribution in [0, 0.1) is 34.5 Å². The van der Waals surface area contributed by atoms with Crippen LogP contribution in [0.2, 0.25) is 0 Å². The largest absolute Gasteiger partial charge is 0.393 e. The van der Waals surface area contributed by atoms with Gasteiger partial charge in [0.05, 0.1) is 6.10 Å². The summed E-state index contributed by atoms with van der Waals surface area (Å²) in [6.45, 7) is 5.07. The number of hydrogen-bond acceptors (Lipinski definition) is 2. The van der Waals surface area contributed by atoms with Gasteiger partial charge in [0.25, 0.3) is 0 Å². The van der Waals surface area contributed by atoms with Gasteiger partial charge in [-0.3, -0.25) is 0 Å². The van der Waals surface area contributed by atoms with E-state index in [-0.39, 0.29) is 11.5 Å². The second-order valence-electron chi connectivity index (χ2n) is 9.45. The van der Waals surface area contributed by atoms with E-state index in [9.17, 15) is 5.11 Å². The lowest BCUT2D eigenvalue weighted by Gasteiger charge is -2.60. The standard InChI is InChI=1S/C19H30OS/c1-18-8-7-14-12(13(18)5-6-17(18)20)4-3-11-9-15-16(21-15)10-19(11,14)2/h11-17,20H,3-10H2,1-2H3/t11?,12-,13-,14+,15?,16?,17?,18-,19-/m0/s1. The lowest BCUT2D eigenvalue weighted by molar-refractivity contribution is -0.116. The van der Waals surface area contributed by atoms with Crippen LogP contribution in [0.3, 0.4) is 0 Å². The van der Waals surface area contributed by atoms with Crippen molar-refractivity contribution in [1.82, 2.24) is 0 Å². The molecule has 2 heteroatoms. The number of thioether (sulfide) groups is 1. The van der Waals surface area contributed by atoms with Gasteiger partial charge in [0.15, 0.2) is 0 Å². The maximum Gasteiger partial charge on any atom is 0.0596 e. The van der Waals surface area contributed by atoms with E-state index in [1.54, 1.807) is 0 Å². The second-order valence-corrected chi connectivity index (χ2v) is 10.9. The quantitative estimate of drug-likeness (QED) is 0.666. The SMILES string of the molecule is C[C@]12CC3SC3CC1CC[C@@H]1[C@H]2CC[C@]2(C)C(O)CC[C@@H]12. The van der Waals surface area contributed by atoms with Crippen LogP contribution in [0.1, 0.15) is 65.2 Å². The molecule has 5 fully saturated rings. The molecule has 0 radical (unpaired) electrons. The van der Waals surface area contributed by atoms with Gasteiger partial charge in [-0.25, -0.2) is 0 Å². The molecule has 118 valence electrons. The summed E-state index contributed by atoms with van der Waals surface area (Å²) in [7, 11) is 0. The Morgan fingerprint density at radius 2 is 1.71 bits per heavy atom. The Kier molecular flexibility index (Phi) is 2.76. The third-order valence-corrected chi connectivity index (χ3v) is 10.3. The summed E-state index contributed by atoms with van der Waals surface area (Å²) in [4.78, 5) is 0. The first-order valence-electron chi connectivity index (χ1n) is 9.36. The van der Waals surface area contributed by atoms with Crippen LogP contribution in [0.5, 0.6) is 0 Å². The summed E-state index contributed by atoms with van der Waals surface area (Å²) in [6.07, 6.45) is 11.1. The molecule has 5 rings (SSSR count). The first-order valence-corrected chi connectivity index (χ1v) is 10.3. The summed E-state index contributed by atoms with van der Waals surface area (Å²) in [5, 5.41) is 12.6. The first-order chi connectivity index (χ1) is 10.0. The van der Waals surface area contributed by atoms with E-state index in [4.69, 9.17) is 0 Å². The van der Waals surface area contributed by atoms with Crippen molar-refractivity contribution in [2.24, 2.45) is 34.5 Å². The van der Waals surface area contributed by atoms with Crippen molar-refractivity contribution in [1.29, 1.82) is 0 Å². The van der Waals surface area contributed by atoms with Crippen molar-refractivity contribution in [2.45, 2.75) is 81.8 Å². The summed E-state index contributed by atoms with van der Waals surface area (Å²) in [5.41, 5.74) is 0.901. The van der Waals surface area contributed by atoms with Gasteiger partial charge in [-0.15, -0.1) is 0 Å². The summed E-state index contributed by atoms with van der Waals surface area (Å²) in [6, 6.07) is 0. The third kappa shape index (κ3) is 1.70. The molecule has 0 aromatic rings. The highest BCUT2D eigenvalue weighted by Gasteiger charge is 2.63. The topological polar surface area (TPSA) is 20.2 Å². The average molecular weight is 307 g/mol. The minimum absolute atomic E-state index is 0.0105. The van der Waals surface area contributed by atoms with Gasteiger partial charge in [-0.05, 0) is 85.9 Å². The zero-order chi connectivity index (χ0) is 14.4. The zero-order valence-corrected chi connectivity index (χ0v) is 14.4. The normalized spacial score (nSPS) is 65.0. The van der Waals surface area contributed by atoms with Gasteiger partial charge in [0, 0.05) is 10.5 Å². The van der Waals surface area contributed by atoms with Crippen molar-refractivity contribution in [3.63, 3.8) is 0 Å². The van der Waals surface area contributed by atoms with E-state index in [0.717, 1.165) is 40.6 Å². The van der Waals surface area contributed by atoms with Gasteiger partial charge in [-0.2, -0.15) is 11.8 Å². The average Bonchev–Trinajstić information content (AvgIpc) is 3.12. The highest BCUT2D eigenvalue weighted by atomic mass is 32.2. The molecule has 1 saturated heterocycles. The van der Waals surface area contributed by atoms with E-state index in [2.05, 4.69) is 25.6 Å². The Balaban J connectivity index is 1.47. The van der Waals surface area contributed by atoms with Crippen molar-refractivity contribution in [3.05, 3.63) is 0 Å². The Hall–Kier alpha value is 0.310. The number of rotatable bonds is 0. The monoisotopic (exact) mass is 306 g/mol. The molecule has 0 bridgehead atoms. The van der Waals surface area contributed by atoms with Gasteiger partial charge in [-0.1, -0.05) is 13.8 Å². The number of hydrogen-bond donors (Lipinski definition) is 1. The first kappa shape index (κ1) is 13.7. The summed E-state index contributed by atoms with van der Waals surface area (Å²) in [5.74, 6) is 3.75. The number of aliphatic hydroxyl groups is 1. The molecule has 4 saturated carbocycles. The Morgan fingerprint density at radius 3 is 2.57 bits per heavy atom. The maximum atomic E-state index is 10.5. The molecule has 1 aliphatic heterocycles. The van der Waals surface area contributed by atoms with E-state index in [1.807, 2.05) is 0 Å². The van der Waals surface area contributed by atoms with E-state index < -0.39 is 0 Å². The predicted octanol–water partition coefficient (Wildman–Crippen LogP) is 4.48. The second kappa shape index (κ2) is 4.23. The van der Waals surface area contributed by atoms with Crippen molar-refractivity contribution in [3.8, 4) is 0 Å². The Bertz CT molecular complexity index is 464. The minimum atomic E-state index is -0.0105. The van der Waals surface area contributed by atoms with Crippen LogP contribution in [-0.4, -0.2) is 21.7 Å². The van der Waals surface area contributed by atoms with E-state index in [1.165, 1.54) is 44.9 Å². The molecule has 0 aromatic carbocycles. The lowest BCUT2D eigenvalue weighted by Crippen LogP contribution is -2.54. The van der Waals surface area contributed by atoms with Gasteiger partial charge in [0.2, 0.25) is 0 Å². The molecule has 1 heterocycles. The molecular formula is C19H30OS. The predicted molar refractivity (Wildman–Crippen MR) is 88.3 cm³/mol. The maximum absolute atomic E-state index is 10.5. The van der Waals surface area contributed by atoms with Gasteiger partial charge in [0.1, 0.15) is 0 Å². The van der Waals surface area contributed by atoms with Gasteiger partial charge < -0.3 is 5.11 Å². The molecule has 0 amide bonds. The smallest absolute Gasteiger partial charge is 0.0596 e. The van der Waals surface area contributed by atoms with E-state index in [0.29, 0.717) is 5.41 Å². The van der Waals surface area contributed by atoms with Crippen LogP contribution >= 0.6 is 11.8 Å². The highest BCUT2D eigenvalue weighted by Crippen LogP contribution is 2.70. The highest BCUT2D eigenvalue weighted by molar-refractivity contribution is 8.07. The molecule has 1 N–H and O–H groups in total. The lowest BCUT2D eigenvalue weighted by atomic mass is 9.45. The zero-order valence-electron chi connectivity index (χ0n) is 13.6. The fourth-order valence-corrected chi connectivity index (χ4v) is 8.86. The third-order valence-electron chi connectivity index (χ3n) is 8.86. The van der Waals surface area contributed by atoms with Crippen LogP contribution < -0.4 is 0 Å². The molecule has 4 aliphatic carbocycles. The molecule has 21 heavy (non-hydrogen) atoms. The van der Waals surface area contributed by atoms with Crippen molar-refractivity contribution in [2.75, 3.05) is 0 Å². The molecule has 9 atom stereocenters. The van der Waals surface area contributed by atoms with Crippen LogP contribution in [0.25, 0.3) is 0 Å². The van der Waals surface area contributed by atoms with E-state index >= 15 is 0 Å². The summed E-state index contributed by atoms with van der Waals surface area (Å²) < 4.78 is 0. The minimum Gasteiger partial charge on any atom is -0.393 e. The molecular weight excluding hydrogens is 276 g/mol. The van der Waals surface area contributed by atoms with Crippen LogP contribution in [0.4, 0.5) is 0 Å². The van der Waals surface area contributed by atoms with Crippen LogP contribution in [-0.2, 0) is 0 Å². The molecule has 0 spiro atoms. The Morgan fingerprint density at radius 1 is 0.905 bits per heavy atom. The molecule has 5 aliphatic rings. The number of aliphatic hydroxyl groups excluding tert-OH is 1. The molecule has 4 unspecified atom stereocenters. The summed E-state index contributed by atoms with van der Waals surface area (Å²) >= 11 is 2.28. The van der Waals surface area contributed by atoms with Crippen molar-refractivity contribution >= 4 is 11.8 Å². The van der Waals surface area contributed by atoms with Gasteiger partial charge >= 0.3 is 0 Å². The number of fused-ring (bicyclic) bond motifs is 6. The Labute approximate surface area is 133 Å². The molecule has 0 aromatic heterocycles. The molecule has 1 nitrogen and oxygen atoms in total.